The molecule has 1 aliphatic heterocycles. The van der Waals surface area contributed by atoms with E-state index < -0.39 is 10.0 Å². The van der Waals surface area contributed by atoms with Gasteiger partial charge in [0.25, 0.3) is 10.0 Å². The maximum Gasteiger partial charge on any atom is 0.268 e. The summed E-state index contributed by atoms with van der Waals surface area (Å²) in [5.41, 5.74) is 0.483. The molecule has 0 spiro atoms. The van der Waals surface area contributed by atoms with Crippen LogP contribution >= 0.6 is 0 Å². The SMILES string of the molecule is O=S1(=O)c2cnccc2N=CN1C1CCCCC1. The number of fused-ring (bicyclic) bond motifs is 1. The van der Waals surface area contributed by atoms with E-state index in [0.29, 0.717) is 5.69 Å². The molecule has 1 fully saturated rings. The second-order valence-electron chi connectivity index (χ2n) is 4.71. The van der Waals surface area contributed by atoms with Crippen LogP contribution in [-0.4, -0.2) is 30.1 Å². The average molecular weight is 265 g/mol. The van der Waals surface area contributed by atoms with Gasteiger partial charge >= 0.3 is 0 Å². The van der Waals surface area contributed by atoms with Gasteiger partial charge < -0.3 is 0 Å². The van der Waals surface area contributed by atoms with Crippen LogP contribution in [0.1, 0.15) is 32.1 Å². The van der Waals surface area contributed by atoms with Gasteiger partial charge in [-0.15, -0.1) is 0 Å². The first kappa shape index (κ1) is 11.6. The zero-order valence-electron chi connectivity index (χ0n) is 9.99. The number of aromatic nitrogens is 1. The maximum atomic E-state index is 12.5. The number of hydrogen-bond donors (Lipinski definition) is 0. The second kappa shape index (κ2) is 4.35. The van der Waals surface area contributed by atoms with Gasteiger partial charge in [-0.1, -0.05) is 19.3 Å². The molecule has 5 nitrogen and oxygen atoms in total. The number of rotatable bonds is 1. The molecule has 0 aromatic carbocycles. The van der Waals surface area contributed by atoms with Crippen LogP contribution < -0.4 is 0 Å². The molecule has 0 bridgehead atoms. The summed E-state index contributed by atoms with van der Waals surface area (Å²) in [7, 11) is -3.46. The highest BCUT2D eigenvalue weighted by Gasteiger charge is 2.34. The van der Waals surface area contributed by atoms with Crippen molar-refractivity contribution in [1.29, 1.82) is 0 Å². The highest BCUT2D eigenvalue weighted by molar-refractivity contribution is 7.89. The summed E-state index contributed by atoms with van der Waals surface area (Å²) in [4.78, 5) is 8.34. The number of pyridine rings is 1. The Balaban J connectivity index is 2.00. The third kappa shape index (κ3) is 1.80. The molecule has 1 aromatic heterocycles. The van der Waals surface area contributed by atoms with Crippen LogP contribution in [0.15, 0.2) is 28.3 Å². The zero-order chi connectivity index (χ0) is 12.6. The van der Waals surface area contributed by atoms with Gasteiger partial charge in [0.15, 0.2) is 0 Å². The normalized spacial score (nSPS) is 22.8. The zero-order valence-corrected chi connectivity index (χ0v) is 10.8. The van der Waals surface area contributed by atoms with Crippen molar-refractivity contribution in [3.63, 3.8) is 0 Å². The van der Waals surface area contributed by atoms with E-state index in [9.17, 15) is 8.42 Å². The van der Waals surface area contributed by atoms with Crippen molar-refractivity contribution in [2.75, 3.05) is 0 Å². The van der Waals surface area contributed by atoms with Gasteiger partial charge in [-0.2, -0.15) is 0 Å². The van der Waals surface area contributed by atoms with Gasteiger partial charge in [0.2, 0.25) is 0 Å². The van der Waals surface area contributed by atoms with Gasteiger partial charge in [0.1, 0.15) is 11.2 Å². The first-order valence-electron chi connectivity index (χ1n) is 6.21. The Morgan fingerprint density at radius 3 is 2.78 bits per heavy atom. The molecule has 0 atom stereocenters. The van der Waals surface area contributed by atoms with Gasteiger partial charge in [-0.3, -0.25) is 9.29 Å². The molecule has 2 heterocycles. The van der Waals surface area contributed by atoms with E-state index in [2.05, 4.69) is 9.98 Å². The highest BCUT2D eigenvalue weighted by Crippen LogP contribution is 2.33. The van der Waals surface area contributed by atoms with Gasteiger partial charge in [0, 0.05) is 18.4 Å². The highest BCUT2D eigenvalue weighted by atomic mass is 32.2. The lowest BCUT2D eigenvalue weighted by molar-refractivity contribution is 0.328. The Morgan fingerprint density at radius 2 is 2.00 bits per heavy atom. The van der Waals surface area contributed by atoms with Gasteiger partial charge in [0.05, 0.1) is 5.69 Å². The number of aliphatic imine (C=N–C) groups is 1. The number of nitrogens with zero attached hydrogens (tertiary/aromatic N) is 3. The summed E-state index contributed by atoms with van der Waals surface area (Å²) in [5.74, 6) is 0. The smallest absolute Gasteiger partial charge is 0.263 e. The summed E-state index contributed by atoms with van der Waals surface area (Å²) in [6, 6.07) is 1.68. The summed E-state index contributed by atoms with van der Waals surface area (Å²) in [6.45, 7) is 0. The van der Waals surface area contributed by atoms with Crippen LogP contribution in [0, 0.1) is 0 Å². The third-order valence-electron chi connectivity index (χ3n) is 3.56. The predicted molar refractivity (Wildman–Crippen MR) is 68.3 cm³/mol. The molecule has 0 amide bonds. The standard InChI is InChI=1S/C12H15N3O2S/c16-18(17)12-8-13-7-6-11(12)14-9-15(18)10-4-2-1-3-5-10/h6-10H,1-5H2. The minimum absolute atomic E-state index is 0.0563. The van der Waals surface area contributed by atoms with Gasteiger partial charge in [-0.25, -0.2) is 13.4 Å². The topological polar surface area (TPSA) is 62.6 Å². The average Bonchev–Trinajstić information content (AvgIpc) is 2.40. The Kier molecular flexibility index (Phi) is 2.81. The van der Waals surface area contributed by atoms with Gasteiger partial charge in [-0.05, 0) is 18.9 Å². The van der Waals surface area contributed by atoms with E-state index in [4.69, 9.17) is 0 Å². The van der Waals surface area contributed by atoms with Crippen molar-refractivity contribution in [1.82, 2.24) is 9.29 Å². The minimum atomic E-state index is -3.46. The van der Waals surface area contributed by atoms with Crippen LogP contribution in [0.3, 0.4) is 0 Å². The van der Waals surface area contributed by atoms with E-state index in [-0.39, 0.29) is 10.9 Å². The maximum absolute atomic E-state index is 12.5. The fraction of sp³-hybridized carbons (Fsp3) is 0.500. The minimum Gasteiger partial charge on any atom is -0.263 e. The van der Waals surface area contributed by atoms with E-state index in [1.54, 1.807) is 12.3 Å². The van der Waals surface area contributed by atoms with E-state index in [1.807, 2.05) is 0 Å². The van der Waals surface area contributed by atoms with Crippen LogP contribution in [0.5, 0.6) is 0 Å². The van der Waals surface area contributed by atoms with Crippen LogP contribution in [0.4, 0.5) is 5.69 Å². The Morgan fingerprint density at radius 1 is 1.22 bits per heavy atom. The lowest BCUT2D eigenvalue weighted by Gasteiger charge is -2.33. The molecule has 18 heavy (non-hydrogen) atoms. The summed E-state index contributed by atoms with van der Waals surface area (Å²) in [6.07, 6.45) is 9.61. The van der Waals surface area contributed by atoms with E-state index in [0.717, 1.165) is 25.7 Å². The monoisotopic (exact) mass is 265 g/mol. The molecule has 1 saturated carbocycles. The lowest BCUT2D eigenvalue weighted by atomic mass is 9.96. The largest absolute Gasteiger partial charge is 0.268 e. The van der Waals surface area contributed by atoms with Crippen molar-refractivity contribution in [2.45, 2.75) is 43.0 Å². The number of sulfonamides is 1. The Hall–Kier alpha value is -1.43. The molecule has 2 aliphatic rings. The first-order chi connectivity index (χ1) is 8.69. The van der Waals surface area contributed by atoms with E-state index >= 15 is 0 Å². The molecule has 6 heteroatoms. The molecule has 1 aliphatic carbocycles. The molecule has 0 saturated heterocycles. The predicted octanol–water partition coefficient (Wildman–Crippen LogP) is 2.08. The van der Waals surface area contributed by atoms with E-state index in [1.165, 1.54) is 23.3 Å². The Bertz CT molecular complexity index is 577. The summed E-state index contributed by atoms with van der Waals surface area (Å²) < 4.78 is 26.4. The fourth-order valence-electron chi connectivity index (χ4n) is 2.60. The number of hydrogen-bond acceptors (Lipinski definition) is 4. The summed E-state index contributed by atoms with van der Waals surface area (Å²) >= 11 is 0. The van der Waals surface area contributed by atoms with Crippen molar-refractivity contribution < 1.29 is 8.42 Å². The molecule has 1 aromatic rings. The quantitative estimate of drug-likeness (QED) is 0.781. The van der Waals surface area contributed by atoms with Crippen LogP contribution in [0.2, 0.25) is 0 Å². The molecular formula is C12H15N3O2S. The lowest BCUT2D eigenvalue weighted by Crippen LogP contribution is -2.41. The molecular weight excluding hydrogens is 250 g/mol. The fourth-order valence-corrected chi connectivity index (χ4v) is 4.18. The van der Waals surface area contributed by atoms with Crippen molar-refractivity contribution >= 4 is 22.0 Å². The van der Waals surface area contributed by atoms with Crippen LogP contribution in [0.25, 0.3) is 0 Å². The molecule has 96 valence electrons. The Labute approximate surface area is 107 Å². The van der Waals surface area contributed by atoms with Crippen molar-refractivity contribution in [3.05, 3.63) is 18.5 Å². The first-order valence-corrected chi connectivity index (χ1v) is 7.65. The second-order valence-corrected chi connectivity index (χ2v) is 6.53. The summed E-state index contributed by atoms with van der Waals surface area (Å²) in [5, 5.41) is 0. The molecule has 0 unspecified atom stereocenters. The molecule has 3 rings (SSSR count). The third-order valence-corrected chi connectivity index (χ3v) is 5.38. The van der Waals surface area contributed by atoms with Crippen molar-refractivity contribution in [2.24, 2.45) is 4.99 Å². The molecule has 0 radical (unpaired) electrons. The molecule has 0 N–H and O–H groups in total. The van der Waals surface area contributed by atoms with Crippen molar-refractivity contribution in [3.8, 4) is 0 Å². The van der Waals surface area contributed by atoms with Crippen LogP contribution in [-0.2, 0) is 10.0 Å².